The first-order chi connectivity index (χ1) is 8.93. The minimum absolute atomic E-state index is 0.139. The third-order valence-corrected chi connectivity index (χ3v) is 3.58. The molecule has 0 aliphatic rings. The third-order valence-electron chi connectivity index (χ3n) is 2.40. The molecule has 0 heterocycles. The van der Waals surface area contributed by atoms with Gasteiger partial charge in [-0.2, -0.15) is 0 Å². The van der Waals surface area contributed by atoms with E-state index in [-0.39, 0.29) is 18.9 Å². The average Bonchev–Trinajstić information content (AvgIpc) is 2.36. The van der Waals surface area contributed by atoms with E-state index in [1.807, 2.05) is 6.07 Å². The van der Waals surface area contributed by atoms with Crippen molar-refractivity contribution in [3.8, 4) is 0 Å². The van der Waals surface area contributed by atoms with Crippen molar-refractivity contribution in [2.45, 2.75) is 12.5 Å². The van der Waals surface area contributed by atoms with Gasteiger partial charge in [-0.25, -0.2) is 0 Å². The van der Waals surface area contributed by atoms with Crippen LogP contribution in [0.3, 0.4) is 0 Å². The molecule has 1 unspecified atom stereocenters. The van der Waals surface area contributed by atoms with Crippen LogP contribution in [0.1, 0.15) is 16.8 Å². The number of aliphatic carboxylic acids is 1. The molecule has 1 aromatic rings. The number of carboxylic acid groups (broad SMARTS) is 1. The van der Waals surface area contributed by atoms with Gasteiger partial charge < -0.3 is 15.2 Å². The van der Waals surface area contributed by atoms with Crippen LogP contribution >= 0.6 is 31.9 Å². The topological polar surface area (TPSA) is 75.6 Å². The van der Waals surface area contributed by atoms with Gasteiger partial charge in [0.15, 0.2) is 0 Å². The number of nitrogens with one attached hydrogen (secondary N) is 1. The number of carbonyl (C=O) groups excluding carboxylic acids is 1. The summed E-state index contributed by atoms with van der Waals surface area (Å²) in [6.07, 6.45) is -0.705. The van der Waals surface area contributed by atoms with Crippen molar-refractivity contribution in [1.29, 1.82) is 0 Å². The van der Waals surface area contributed by atoms with Gasteiger partial charge in [0, 0.05) is 22.6 Å². The van der Waals surface area contributed by atoms with E-state index in [1.54, 1.807) is 12.1 Å². The molecule has 0 aliphatic carbocycles. The summed E-state index contributed by atoms with van der Waals surface area (Å²) >= 11 is 6.58. The summed E-state index contributed by atoms with van der Waals surface area (Å²) in [6.45, 7) is 0.139. The van der Waals surface area contributed by atoms with Gasteiger partial charge in [-0.05, 0) is 34.1 Å². The summed E-state index contributed by atoms with van der Waals surface area (Å²) in [5.74, 6) is -1.26. The zero-order chi connectivity index (χ0) is 14.4. The van der Waals surface area contributed by atoms with Crippen LogP contribution in [-0.2, 0) is 9.53 Å². The van der Waals surface area contributed by atoms with Crippen LogP contribution in [0.2, 0.25) is 0 Å². The molecule has 19 heavy (non-hydrogen) atoms. The van der Waals surface area contributed by atoms with Crippen LogP contribution in [0, 0.1) is 0 Å². The highest BCUT2D eigenvalue weighted by Crippen LogP contribution is 2.21. The summed E-state index contributed by atoms with van der Waals surface area (Å²) < 4.78 is 6.44. The van der Waals surface area contributed by atoms with Gasteiger partial charge in [0.2, 0.25) is 0 Å². The molecule has 0 aliphatic heterocycles. The lowest BCUT2D eigenvalue weighted by molar-refractivity contribution is -0.139. The van der Waals surface area contributed by atoms with Gasteiger partial charge >= 0.3 is 5.97 Å². The van der Waals surface area contributed by atoms with Crippen molar-refractivity contribution in [3.63, 3.8) is 0 Å². The molecule has 0 bridgehead atoms. The van der Waals surface area contributed by atoms with Gasteiger partial charge in [-0.15, -0.1) is 0 Å². The van der Waals surface area contributed by atoms with E-state index in [4.69, 9.17) is 9.84 Å². The van der Waals surface area contributed by atoms with Crippen LogP contribution in [0.25, 0.3) is 0 Å². The molecule has 1 aromatic carbocycles. The molecule has 0 fully saturated rings. The summed E-state index contributed by atoms with van der Waals surface area (Å²) in [4.78, 5) is 22.5. The summed E-state index contributed by atoms with van der Waals surface area (Å²) in [5.41, 5.74) is 0.472. The van der Waals surface area contributed by atoms with E-state index in [0.717, 1.165) is 4.47 Å². The Morgan fingerprint density at radius 2 is 2.11 bits per heavy atom. The first kappa shape index (κ1) is 16.1. The number of ether oxygens (including phenoxy) is 1. The molecule has 7 heteroatoms. The van der Waals surface area contributed by atoms with Crippen LogP contribution in [0.4, 0.5) is 0 Å². The van der Waals surface area contributed by atoms with E-state index in [0.29, 0.717) is 10.0 Å². The minimum Gasteiger partial charge on any atom is -0.481 e. The van der Waals surface area contributed by atoms with E-state index >= 15 is 0 Å². The van der Waals surface area contributed by atoms with Crippen molar-refractivity contribution in [3.05, 3.63) is 32.7 Å². The van der Waals surface area contributed by atoms with E-state index < -0.39 is 12.1 Å². The normalized spacial score (nSPS) is 11.9. The van der Waals surface area contributed by atoms with Crippen LogP contribution in [0.5, 0.6) is 0 Å². The Morgan fingerprint density at radius 1 is 1.42 bits per heavy atom. The maximum absolute atomic E-state index is 12.0. The Labute approximate surface area is 127 Å². The number of hydrogen-bond acceptors (Lipinski definition) is 3. The number of halogens is 2. The molecule has 2 N–H and O–H groups in total. The fourth-order valence-corrected chi connectivity index (χ4v) is 2.19. The molecule has 0 spiro atoms. The molecule has 1 rings (SSSR count). The molecule has 1 atom stereocenters. The zero-order valence-corrected chi connectivity index (χ0v) is 13.3. The Bertz CT molecular complexity index is 479. The predicted octanol–water partition coefficient (Wildman–Crippen LogP) is 2.43. The number of amides is 1. The quantitative estimate of drug-likeness (QED) is 0.776. The van der Waals surface area contributed by atoms with Crippen molar-refractivity contribution in [1.82, 2.24) is 5.32 Å². The number of carboxylic acids is 1. The number of benzene rings is 1. The second kappa shape index (κ2) is 7.62. The highest BCUT2D eigenvalue weighted by molar-refractivity contribution is 9.11. The SMILES string of the molecule is COC(CNC(=O)c1cc(Br)ccc1Br)CC(=O)O. The lowest BCUT2D eigenvalue weighted by atomic mass is 10.2. The summed E-state index contributed by atoms with van der Waals surface area (Å²) in [5, 5.41) is 11.3. The predicted molar refractivity (Wildman–Crippen MR) is 77.2 cm³/mol. The molecule has 0 saturated carbocycles. The Balaban J connectivity index is 2.64. The smallest absolute Gasteiger partial charge is 0.306 e. The largest absolute Gasteiger partial charge is 0.481 e. The van der Waals surface area contributed by atoms with Gasteiger partial charge in [0.25, 0.3) is 5.91 Å². The van der Waals surface area contributed by atoms with Crippen LogP contribution in [-0.4, -0.2) is 36.7 Å². The highest BCUT2D eigenvalue weighted by atomic mass is 79.9. The third kappa shape index (κ3) is 5.30. The summed E-state index contributed by atoms with van der Waals surface area (Å²) in [6, 6.07) is 5.24. The molecule has 5 nitrogen and oxygen atoms in total. The summed E-state index contributed by atoms with van der Waals surface area (Å²) in [7, 11) is 1.41. The molecule has 0 radical (unpaired) electrons. The molecular formula is C12H13Br2NO4. The number of carbonyl (C=O) groups is 2. The van der Waals surface area contributed by atoms with Crippen LogP contribution in [0.15, 0.2) is 27.1 Å². The fraction of sp³-hybridized carbons (Fsp3) is 0.333. The second-order valence-electron chi connectivity index (χ2n) is 3.79. The molecular weight excluding hydrogens is 382 g/mol. The first-order valence-electron chi connectivity index (χ1n) is 5.42. The van der Waals surface area contributed by atoms with E-state index in [9.17, 15) is 9.59 Å². The lowest BCUT2D eigenvalue weighted by Crippen LogP contribution is -2.34. The Morgan fingerprint density at radius 3 is 2.68 bits per heavy atom. The fourth-order valence-electron chi connectivity index (χ4n) is 1.41. The van der Waals surface area contributed by atoms with E-state index in [2.05, 4.69) is 37.2 Å². The van der Waals surface area contributed by atoms with Gasteiger partial charge in [-0.1, -0.05) is 15.9 Å². The van der Waals surface area contributed by atoms with Crippen LogP contribution < -0.4 is 5.32 Å². The average molecular weight is 395 g/mol. The molecule has 0 saturated heterocycles. The van der Waals surface area contributed by atoms with Crippen molar-refractivity contribution in [2.24, 2.45) is 0 Å². The molecule has 104 valence electrons. The second-order valence-corrected chi connectivity index (χ2v) is 5.56. The standard InChI is InChI=1S/C12H13Br2NO4/c1-19-8(5-11(16)17)6-15-12(18)9-4-7(13)2-3-10(9)14/h2-4,8H,5-6H2,1H3,(H,15,18)(H,16,17). The van der Waals surface area contributed by atoms with Gasteiger partial charge in [0.1, 0.15) is 0 Å². The van der Waals surface area contributed by atoms with Gasteiger partial charge in [0.05, 0.1) is 18.1 Å². The maximum Gasteiger partial charge on any atom is 0.306 e. The molecule has 1 amide bonds. The monoisotopic (exact) mass is 393 g/mol. The maximum atomic E-state index is 12.0. The lowest BCUT2D eigenvalue weighted by Gasteiger charge is -2.14. The van der Waals surface area contributed by atoms with E-state index in [1.165, 1.54) is 7.11 Å². The Kier molecular flexibility index (Phi) is 6.47. The highest BCUT2D eigenvalue weighted by Gasteiger charge is 2.15. The van der Waals surface area contributed by atoms with Gasteiger partial charge in [-0.3, -0.25) is 9.59 Å². The molecule has 0 aromatic heterocycles. The van der Waals surface area contributed by atoms with Crippen molar-refractivity contribution in [2.75, 3.05) is 13.7 Å². The zero-order valence-electron chi connectivity index (χ0n) is 10.2. The van der Waals surface area contributed by atoms with Crippen molar-refractivity contribution >= 4 is 43.7 Å². The number of hydrogen-bond donors (Lipinski definition) is 2. The number of rotatable bonds is 6. The minimum atomic E-state index is -0.968. The first-order valence-corrected chi connectivity index (χ1v) is 7.00. The number of methoxy groups -OCH3 is 1. The van der Waals surface area contributed by atoms with Crippen molar-refractivity contribution < 1.29 is 19.4 Å². The Hall–Kier alpha value is -0.920.